The molecule has 3 rings (SSSR count). The van der Waals surface area contributed by atoms with Crippen molar-refractivity contribution >= 4 is 0 Å². The normalized spacial score (nSPS) is 24.0. The highest BCUT2D eigenvalue weighted by atomic mass is 16.5. The fourth-order valence-corrected chi connectivity index (χ4v) is 3.31. The van der Waals surface area contributed by atoms with Gasteiger partial charge in [-0.2, -0.15) is 5.26 Å². The predicted octanol–water partition coefficient (Wildman–Crippen LogP) is 4.34. The Morgan fingerprint density at radius 3 is 2.48 bits per heavy atom. The van der Waals surface area contributed by atoms with Crippen molar-refractivity contribution in [3.8, 4) is 11.8 Å². The number of nitriles is 1. The van der Waals surface area contributed by atoms with Gasteiger partial charge < -0.3 is 4.74 Å². The number of ether oxygens (including phenoxy) is 1. The van der Waals surface area contributed by atoms with Crippen LogP contribution in [0.5, 0.6) is 5.75 Å². The molecule has 0 unspecified atom stereocenters. The van der Waals surface area contributed by atoms with Gasteiger partial charge >= 0.3 is 0 Å². The van der Waals surface area contributed by atoms with Crippen LogP contribution in [0.1, 0.15) is 35.4 Å². The Kier molecular flexibility index (Phi) is 3.43. The number of hydrogen-bond donors (Lipinski definition) is 0. The minimum atomic E-state index is -0.405. The molecule has 0 radical (unpaired) electrons. The molecule has 106 valence electrons. The lowest BCUT2D eigenvalue weighted by atomic mass is 9.57. The van der Waals surface area contributed by atoms with E-state index in [9.17, 15) is 5.26 Å². The molecule has 2 aromatic rings. The second-order valence-corrected chi connectivity index (χ2v) is 5.91. The van der Waals surface area contributed by atoms with E-state index in [2.05, 4.69) is 43.3 Å². The van der Waals surface area contributed by atoms with Crippen LogP contribution in [-0.4, -0.2) is 7.11 Å². The van der Waals surface area contributed by atoms with Crippen LogP contribution in [0.4, 0.5) is 0 Å². The van der Waals surface area contributed by atoms with Crippen LogP contribution in [-0.2, 0) is 5.41 Å². The first-order valence-electron chi connectivity index (χ1n) is 7.30. The smallest absolute Gasteiger partial charge is 0.123 e. The van der Waals surface area contributed by atoms with E-state index >= 15 is 0 Å². The molecule has 0 spiro atoms. The zero-order chi connectivity index (χ0) is 14.9. The molecular weight excluding hydrogens is 258 g/mol. The van der Waals surface area contributed by atoms with Crippen LogP contribution >= 0.6 is 0 Å². The molecule has 0 bridgehead atoms. The van der Waals surface area contributed by atoms with Crippen molar-refractivity contribution in [2.45, 2.75) is 31.1 Å². The zero-order valence-corrected chi connectivity index (χ0v) is 12.5. The number of aryl methyl sites for hydroxylation is 1. The minimum Gasteiger partial charge on any atom is -0.496 e. The molecule has 0 saturated heterocycles. The van der Waals surface area contributed by atoms with Gasteiger partial charge in [0.15, 0.2) is 0 Å². The molecule has 1 aliphatic carbocycles. The van der Waals surface area contributed by atoms with E-state index in [1.807, 2.05) is 18.2 Å². The Morgan fingerprint density at radius 1 is 1.14 bits per heavy atom. The molecule has 1 fully saturated rings. The summed E-state index contributed by atoms with van der Waals surface area (Å²) in [5, 5.41) is 9.76. The average Bonchev–Trinajstić information content (AvgIpc) is 2.48. The molecule has 0 atom stereocenters. The van der Waals surface area contributed by atoms with E-state index in [1.54, 1.807) is 7.11 Å². The number of methoxy groups -OCH3 is 1. The molecule has 0 aliphatic heterocycles. The summed E-state index contributed by atoms with van der Waals surface area (Å²) in [7, 11) is 1.67. The van der Waals surface area contributed by atoms with Crippen LogP contribution in [0, 0.1) is 18.3 Å². The van der Waals surface area contributed by atoms with Gasteiger partial charge in [0.1, 0.15) is 5.75 Å². The van der Waals surface area contributed by atoms with E-state index < -0.39 is 5.41 Å². The topological polar surface area (TPSA) is 33.0 Å². The summed E-state index contributed by atoms with van der Waals surface area (Å²) >= 11 is 0. The van der Waals surface area contributed by atoms with Gasteiger partial charge in [-0.15, -0.1) is 0 Å². The summed E-state index contributed by atoms with van der Waals surface area (Å²) in [6, 6.07) is 19.1. The third-order valence-electron chi connectivity index (χ3n) is 4.55. The molecule has 0 heterocycles. The van der Waals surface area contributed by atoms with Crippen molar-refractivity contribution in [2.75, 3.05) is 7.11 Å². The standard InChI is InChI=1S/C19H19NO/c1-14-8-9-18(21-2)17(10-14)19(13-20)11-16(12-19)15-6-4-3-5-7-15/h3-10,16H,11-12H2,1-2H3. The van der Waals surface area contributed by atoms with Crippen molar-refractivity contribution in [2.24, 2.45) is 0 Å². The van der Waals surface area contributed by atoms with Gasteiger partial charge in [0.2, 0.25) is 0 Å². The van der Waals surface area contributed by atoms with E-state index in [0.717, 1.165) is 24.2 Å². The molecule has 2 heteroatoms. The summed E-state index contributed by atoms with van der Waals surface area (Å²) in [4.78, 5) is 0. The highest BCUT2D eigenvalue weighted by molar-refractivity contribution is 5.49. The molecule has 0 aromatic heterocycles. The largest absolute Gasteiger partial charge is 0.496 e. The molecule has 1 saturated carbocycles. The molecule has 2 aromatic carbocycles. The fourth-order valence-electron chi connectivity index (χ4n) is 3.31. The van der Waals surface area contributed by atoms with Gasteiger partial charge in [0, 0.05) is 5.56 Å². The Morgan fingerprint density at radius 2 is 1.86 bits per heavy atom. The average molecular weight is 277 g/mol. The second-order valence-electron chi connectivity index (χ2n) is 5.91. The quantitative estimate of drug-likeness (QED) is 0.836. The summed E-state index contributed by atoms with van der Waals surface area (Å²) in [6.45, 7) is 2.06. The molecule has 2 nitrogen and oxygen atoms in total. The van der Waals surface area contributed by atoms with Crippen molar-refractivity contribution in [1.29, 1.82) is 5.26 Å². The van der Waals surface area contributed by atoms with Crippen LogP contribution < -0.4 is 4.74 Å². The lowest BCUT2D eigenvalue weighted by Crippen LogP contribution is -2.39. The Bertz CT molecular complexity index is 678. The zero-order valence-electron chi connectivity index (χ0n) is 12.5. The van der Waals surface area contributed by atoms with Crippen molar-refractivity contribution < 1.29 is 4.74 Å². The molecule has 0 N–H and O–H groups in total. The Balaban J connectivity index is 1.92. The van der Waals surface area contributed by atoms with Gasteiger partial charge in [0.25, 0.3) is 0 Å². The molecule has 1 aliphatic rings. The maximum Gasteiger partial charge on any atom is 0.123 e. The van der Waals surface area contributed by atoms with Crippen LogP contribution in [0.15, 0.2) is 48.5 Å². The highest BCUT2D eigenvalue weighted by Crippen LogP contribution is 2.54. The summed E-state index contributed by atoms with van der Waals surface area (Å²) in [5.41, 5.74) is 3.14. The third kappa shape index (κ3) is 2.29. The number of rotatable bonds is 3. The van der Waals surface area contributed by atoms with Crippen LogP contribution in [0.3, 0.4) is 0 Å². The minimum absolute atomic E-state index is 0.405. The van der Waals surface area contributed by atoms with Crippen LogP contribution in [0.2, 0.25) is 0 Å². The van der Waals surface area contributed by atoms with Gasteiger partial charge in [-0.1, -0.05) is 48.0 Å². The van der Waals surface area contributed by atoms with Crippen molar-refractivity contribution in [3.63, 3.8) is 0 Å². The number of nitrogens with zero attached hydrogens (tertiary/aromatic N) is 1. The molecule has 0 amide bonds. The van der Waals surface area contributed by atoms with Crippen molar-refractivity contribution in [3.05, 3.63) is 65.2 Å². The Hall–Kier alpha value is -2.27. The lowest BCUT2D eigenvalue weighted by Gasteiger charge is -2.44. The lowest BCUT2D eigenvalue weighted by molar-refractivity contribution is 0.260. The van der Waals surface area contributed by atoms with Gasteiger partial charge in [-0.3, -0.25) is 0 Å². The van der Waals surface area contributed by atoms with E-state index in [4.69, 9.17) is 4.74 Å². The number of benzene rings is 2. The summed E-state index contributed by atoms with van der Waals surface area (Å²) < 4.78 is 5.47. The van der Waals surface area contributed by atoms with E-state index in [0.29, 0.717) is 5.92 Å². The monoisotopic (exact) mass is 277 g/mol. The molecule has 21 heavy (non-hydrogen) atoms. The predicted molar refractivity (Wildman–Crippen MR) is 83.4 cm³/mol. The van der Waals surface area contributed by atoms with E-state index in [-0.39, 0.29) is 0 Å². The maximum absolute atomic E-state index is 9.76. The first-order valence-corrected chi connectivity index (χ1v) is 7.30. The number of hydrogen-bond acceptors (Lipinski definition) is 2. The van der Waals surface area contributed by atoms with Gasteiger partial charge in [-0.05, 0) is 37.3 Å². The maximum atomic E-state index is 9.76. The first-order chi connectivity index (χ1) is 10.2. The van der Waals surface area contributed by atoms with E-state index in [1.165, 1.54) is 11.1 Å². The molecular formula is C19H19NO. The summed E-state index contributed by atoms with van der Waals surface area (Å²) in [5.74, 6) is 1.30. The van der Waals surface area contributed by atoms with Gasteiger partial charge in [0.05, 0.1) is 18.6 Å². The second kappa shape index (κ2) is 5.26. The van der Waals surface area contributed by atoms with Crippen molar-refractivity contribution in [1.82, 2.24) is 0 Å². The van der Waals surface area contributed by atoms with Gasteiger partial charge in [-0.25, -0.2) is 0 Å². The first kappa shape index (κ1) is 13.7. The third-order valence-corrected chi connectivity index (χ3v) is 4.55. The SMILES string of the molecule is COc1ccc(C)cc1C1(C#N)CC(c2ccccc2)C1. The Labute approximate surface area is 126 Å². The fraction of sp³-hybridized carbons (Fsp3) is 0.316. The van der Waals surface area contributed by atoms with Crippen LogP contribution in [0.25, 0.3) is 0 Å². The summed E-state index contributed by atoms with van der Waals surface area (Å²) in [6.07, 6.45) is 1.74. The highest BCUT2D eigenvalue weighted by Gasteiger charge is 2.48.